The van der Waals surface area contributed by atoms with Crippen molar-refractivity contribution in [2.75, 3.05) is 0 Å². The van der Waals surface area contributed by atoms with E-state index in [0.717, 1.165) is 24.2 Å². The van der Waals surface area contributed by atoms with Gasteiger partial charge < -0.3 is 5.32 Å². The molecule has 2 N–H and O–H groups in total. The Morgan fingerprint density at radius 1 is 1.48 bits per heavy atom. The van der Waals surface area contributed by atoms with Gasteiger partial charge >= 0.3 is 0 Å². The molecule has 10 heteroatoms. The average Bonchev–Trinajstić information content (AvgIpc) is 3.22. The molecule has 3 heterocycles. The summed E-state index contributed by atoms with van der Waals surface area (Å²) in [6, 6.07) is 2.21. The molecule has 3 aromatic heterocycles. The molecule has 1 aliphatic rings. The van der Waals surface area contributed by atoms with Crippen LogP contribution in [-0.2, 0) is 0 Å². The summed E-state index contributed by atoms with van der Waals surface area (Å²) in [5.74, 6) is -0.179. The number of rotatable bonds is 4. The first-order valence-corrected chi connectivity index (χ1v) is 8.28. The minimum atomic E-state index is -0.179. The van der Waals surface area contributed by atoms with Crippen LogP contribution in [-0.4, -0.2) is 42.1 Å². The van der Waals surface area contributed by atoms with Crippen LogP contribution in [0.3, 0.4) is 0 Å². The van der Waals surface area contributed by atoms with Gasteiger partial charge in [0, 0.05) is 17.6 Å². The standard InChI is InChI=1S/C13H12ClN7OS/c14-11-6-23-13(17-11)12(22)16-7-3-8(4-7)21-5-10(19-20-21)9-1-2-15-18-9/h1-2,5-8H,3-4H2,(H,15,18)(H,16,22). The molecular formula is C13H12ClN7OS. The van der Waals surface area contributed by atoms with Gasteiger partial charge in [-0.3, -0.25) is 9.89 Å². The first-order valence-electron chi connectivity index (χ1n) is 7.02. The predicted octanol–water partition coefficient (Wildman–Crippen LogP) is 1.91. The van der Waals surface area contributed by atoms with Crippen molar-refractivity contribution in [1.29, 1.82) is 0 Å². The fourth-order valence-corrected chi connectivity index (χ4v) is 3.35. The van der Waals surface area contributed by atoms with E-state index in [4.69, 9.17) is 11.6 Å². The molecule has 3 aromatic rings. The number of H-pyrrole nitrogens is 1. The molecule has 0 unspecified atom stereocenters. The molecule has 0 aromatic carbocycles. The highest BCUT2D eigenvalue weighted by Crippen LogP contribution is 2.32. The van der Waals surface area contributed by atoms with E-state index in [2.05, 4.69) is 30.8 Å². The SMILES string of the molecule is O=C(NC1CC(n2cc(-c3ccn[nH]3)nn2)C1)c1nc(Cl)cs1. The molecule has 0 spiro atoms. The number of aromatic amines is 1. The Kier molecular flexibility index (Phi) is 3.58. The number of nitrogens with zero attached hydrogens (tertiary/aromatic N) is 5. The summed E-state index contributed by atoms with van der Waals surface area (Å²) in [6.45, 7) is 0. The van der Waals surface area contributed by atoms with Crippen molar-refractivity contribution in [1.82, 2.24) is 35.5 Å². The van der Waals surface area contributed by atoms with E-state index < -0.39 is 0 Å². The third kappa shape index (κ3) is 2.84. The van der Waals surface area contributed by atoms with Crippen LogP contribution < -0.4 is 5.32 Å². The number of thiazole rings is 1. The first-order chi connectivity index (χ1) is 11.2. The lowest BCUT2D eigenvalue weighted by molar-refractivity contribution is 0.0887. The molecule has 23 heavy (non-hydrogen) atoms. The fraction of sp³-hybridized carbons (Fsp3) is 0.308. The van der Waals surface area contributed by atoms with Crippen LogP contribution in [0.2, 0.25) is 5.15 Å². The molecule has 1 fully saturated rings. The number of carbonyl (C=O) groups excluding carboxylic acids is 1. The summed E-state index contributed by atoms with van der Waals surface area (Å²) in [4.78, 5) is 16.0. The molecule has 0 saturated heterocycles. The van der Waals surface area contributed by atoms with Gasteiger partial charge in [0.1, 0.15) is 10.8 Å². The molecular weight excluding hydrogens is 338 g/mol. The fourth-order valence-electron chi connectivity index (χ4n) is 2.50. The van der Waals surface area contributed by atoms with Crippen molar-refractivity contribution in [2.24, 2.45) is 0 Å². The Morgan fingerprint density at radius 3 is 3.04 bits per heavy atom. The van der Waals surface area contributed by atoms with Gasteiger partial charge in [-0.25, -0.2) is 9.67 Å². The number of halogens is 1. The molecule has 4 rings (SSSR count). The zero-order chi connectivity index (χ0) is 15.8. The van der Waals surface area contributed by atoms with Gasteiger partial charge in [0.2, 0.25) is 0 Å². The summed E-state index contributed by atoms with van der Waals surface area (Å²) in [5.41, 5.74) is 1.59. The monoisotopic (exact) mass is 349 g/mol. The largest absolute Gasteiger partial charge is 0.347 e. The van der Waals surface area contributed by atoms with Crippen LogP contribution in [0.1, 0.15) is 28.7 Å². The third-order valence-corrected chi connectivity index (χ3v) is 4.94. The number of hydrogen-bond acceptors (Lipinski definition) is 6. The Morgan fingerprint density at radius 2 is 2.35 bits per heavy atom. The van der Waals surface area contributed by atoms with Gasteiger partial charge in [-0.05, 0) is 18.9 Å². The predicted molar refractivity (Wildman–Crippen MR) is 84.3 cm³/mol. The molecule has 0 bridgehead atoms. The van der Waals surface area contributed by atoms with Crippen LogP contribution in [0.15, 0.2) is 23.8 Å². The lowest BCUT2D eigenvalue weighted by atomic mass is 9.87. The molecule has 1 aliphatic carbocycles. The smallest absolute Gasteiger partial charge is 0.280 e. The second kappa shape index (κ2) is 5.74. The number of hydrogen-bond donors (Lipinski definition) is 2. The Balaban J connectivity index is 1.34. The quantitative estimate of drug-likeness (QED) is 0.749. The van der Waals surface area contributed by atoms with E-state index in [1.54, 1.807) is 11.6 Å². The zero-order valence-electron chi connectivity index (χ0n) is 11.8. The lowest BCUT2D eigenvalue weighted by Gasteiger charge is -2.35. The molecule has 1 amide bonds. The van der Waals surface area contributed by atoms with E-state index in [1.807, 2.05) is 16.9 Å². The van der Waals surface area contributed by atoms with E-state index in [-0.39, 0.29) is 18.0 Å². The van der Waals surface area contributed by atoms with Crippen molar-refractivity contribution in [2.45, 2.75) is 24.9 Å². The van der Waals surface area contributed by atoms with Crippen LogP contribution in [0, 0.1) is 0 Å². The average molecular weight is 350 g/mol. The van der Waals surface area contributed by atoms with Gasteiger partial charge in [0.05, 0.1) is 17.9 Å². The highest BCUT2D eigenvalue weighted by molar-refractivity contribution is 7.12. The summed E-state index contributed by atoms with van der Waals surface area (Å²) >= 11 is 6.97. The zero-order valence-corrected chi connectivity index (χ0v) is 13.4. The number of carbonyl (C=O) groups is 1. The maximum Gasteiger partial charge on any atom is 0.280 e. The van der Waals surface area contributed by atoms with E-state index >= 15 is 0 Å². The molecule has 8 nitrogen and oxygen atoms in total. The molecule has 1 saturated carbocycles. The lowest BCUT2D eigenvalue weighted by Crippen LogP contribution is -2.45. The van der Waals surface area contributed by atoms with Gasteiger partial charge in [-0.1, -0.05) is 16.8 Å². The van der Waals surface area contributed by atoms with Crippen molar-refractivity contribution in [3.8, 4) is 11.4 Å². The van der Waals surface area contributed by atoms with E-state index in [1.165, 1.54) is 11.3 Å². The highest BCUT2D eigenvalue weighted by Gasteiger charge is 2.33. The Hall–Kier alpha value is -2.26. The van der Waals surface area contributed by atoms with Gasteiger partial charge in [-0.2, -0.15) is 5.10 Å². The first kappa shape index (κ1) is 14.3. The van der Waals surface area contributed by atoms with Crippen molar-refractivity contribution in [3.63, 3.8) is 0 Å². The highest BCUT2D eigenvalue weighted by atomic mass is 35.5. The topological polar surface area (TPSA) is 101 Å². The van der Waals surface area contributed by atoms with Gasteiger partial charge in [0.25, 0.3) is 5.91 Å². The second-order valence-corrected chi connectivity index (χ2v) is 6.57. The third-order valence-electron chi connectivity index (χ3n) is 3.78. The Labute approximate surface area is 139 Å². The van der Waals surface area contributed by atoms with Crippen LogP contribution >= 0.6 is 22.9 Å². The molecule has 0 aliphatic heterocycles. The van der Waals surface area contributed by atoms with Crippen molar-refractivity contribution >= 4 is 28.8 Å². The van der Waals surface area contributed by atoms with Crippen LogP contribution in [0.25, 0.3) is 11.4 Å². The van der Waals surface area contributed by atoms with Gasteiger partial charge in [0.15, 0.2) is 5.01 Å². The number of nitrogens with one attached hydrogen (secondary N) is 2. The molecule has 118 valence electrons. The van der Waals surface area contributed by atoms with Crippen molar-refractivity contribution in [3.05, 3.63) is 34.0 Å². The molecule has 0 atom stereocenters. The summed E-state index contributed by atoms with van der Waals surface area (Å²) in [7, 11) is 0. The summed E-state index contributed by atoms with van der Waals surface area (Å²) in [5, 5.41) is 20.4. The van der Waals surface area contributed by atoms with Crippen LogP contribution in [0.4, 0.5) is 0 Å². The minimum absolute atomic E-state index is 0.120. The number of aromatic nitrogens is 6. The summed E-state index contributed by atoms with van der Waals surface area (Å²) in [6.07, 6.45) is 5.19. The maximum absolute atomic E-state index is 12.0. The minimum Gasteiger partial charge on any atom is -0.347 e. The number of amides is 1. The second-order valence-electron chi connectivity index (χ2n) is 5.33. The van der Waals surface area contributed by atoms with E-state index in [0.29, 0.717) is 10.2 Å². The Bertz CT molecular complexity index is 821. The van der Waals surface area contributed by atoms with E-state index in [9.17, 15) is 4.79 Å². The maximum atomic E-state index is 12.0. The normalized spacial score (nSPS) is 20.2. The van der Waals surface area contributed by atoms with Gasteiger partial charge in [-0.15, -0.1) is 16.4 Å². The van der Waals surface area contributed by atoms with Crippen LogP contribution in [0.5, 0.6) is 0 Å². The van der Waals surface area contributed by atoms with Crippen molar-refractivity contribution < 1.29 is 4.79 Å². The summed E-state index contributed by atoms with van der Waals surface area (Å²) < 4.78 is 1.83. The molecule has 0 radical (unpaired) electrons.